The number of thiazole rings is 1. The second-order valence-electron chi connectivity index (χ2n) is 7.01. The first-order valence-corrected chi connectivity index (χ1v) is 11.4. The largest absolute Gasteiger partial charge is 0.490 e. The van der Waals surface area contributed by atoms with E-state index in [1.54, 1.807) is 12.1 Å². The minimum absolute atomic E-state index is 0.260. The van der Waals surface area contributed by atoms with Crippen molar-refractivity contribution in [2.24, 2.45) is 0 Å². The number of amides is 1. The third-order valence-corrected chi connectivity index (χ3v) is 6.03. The van der Waals surface area contributed by atoms with Crippen molar-refractivity contribution < 1.29 is 19.0 Å². The fraction of sp³-hybridized carbons (Fsp3) is 0.333. The summed E-state index contributed by atoms with van der Waals surface area (Å²) in [6.45, 7) is 7.05. The Morgan fingerprint density at radius 1 is 1.00 bits per heavy atom. The quantitative estimate of drug-likeness (QED) is 0.513. The predicted molar refractivity (Wildman–Crippen MR) is 123 cm³/mol. The van der Waals surface area contributed by atoms with Crippen molar-refractivity contribution in [2.75, 3.05) is 25.1 Å². The fourth-order valence-electron chi connectivity index (χ4n) is 3.69. The van der Waals surface area contributed by atoms with Crippen LogP contribution < -0.4 is 19.5 Å². The predicted octanol–water partition coefficient (Wildman–Crippen LogP) is 5.36. The lowest BCUT2D eigenvalue weighted by Gasteiger charge is -2.16. The Hall–Kier alpha value is -3.06. The maximum absolute atomic E-state index is 13.1. The summed E-state index contributed by atoms with van der Waals surface area (Å²) in [7, 11) is 0. The molecular formula is C24H26N2O4S. The van der Waals surface area contributed by atoms with E-state index in [9.17, 15) is 4.79 Å². The number of anilines is 1. The molecule has 31 heavy (non-hydrogen) atoms. The number of benzene rings is 2. The van der Waals surface area contributed by atoms with Gasteiger partial charge in [-0.25, -0.2) is 4.98 Å². The van der Waals surface area contributed by atoms with Crippen molar-refractivity contribution in [3.05, 3.63) is 53.2 Å². The molecule has 162 valence electrons. The van der Waals surface area contributed by atoms with Crippen LogP contribution in [0.4, 0.5) is 5.13 Å². The lowest BCUT2D eigenvalue weighted by atomic mass is 9.94. The molecule has 1 aliphatic carbocycles. The third-order valence-electron chi connectivity index (χ3n) is 4.98. The van der Waals surface area contributed by atoms with E-state index < -0.39 is 0 Å². The van der Waals surface area contributed by atoms with E-state index in [1.165, 1.54) is 22.5 Å². The van der Waals surface area contributed by atoms with Gasteiger partial charge in [-0.05, 0) is 56.9 Å². The van der Waals surface area contributed by atoms with E-state index in [0.717, 1.165) is 23.4 Å². The van der Waals surface area contributed by atoms with Gasteiger partial charge in [0.05, 0.1) is 30.4 Å². The average Bonchev–Trinajstić information content (AvgIpc) is 3.19. The van der Waals surface area contributed by atoms with Crippen LogP contribution in [-0.4, -0.2) is 30.7 Å². The summed E-state index contributed by atoms with van der Waals surface area (Å²) in [6, 6.07) is 11.7. The number of fused-ring (bicyclic) bond motifs is 3. The SMILES string of the molecule is CCOc1cc(C(=O)Nc2nc3c(s2)-c2ccccc2CC3)cc(OCC)c1OCC. The minimum Gasteiger partial charge on any atom is -0.490 e. The van der Waals surface area contributed by atoms with Crippen LogP contribution >= 0.6 is 11.3 Å². The second-order valence-corrected chi connectivity index (χ2v) is 8.01. The number of hydrogen-bond donors (Lipinski definition) is 1. The summed E-state index contributed by atoms with van der Waals surface area (Å²) in [5.41, 5.74) is 4.01. The molecule has 6 nitrogen and oxygen atoms in total. The molecule has 0 atom stereocenters. The lowest BCUT2D eigenvalue weighted by molar-refractivity contribution is 0.102. The average molecular weight is 439 g/mol. The zero-order chi connectivity index (χ0) is 21.8. The molecule has 2 aromatic carbocycles. The van der Waals surface area contributed by atoms with Crippen molar-refractivity contribution in [1.82, 2.24) is 4.98 Å². The molecule has 0 spiro atoms. The number of rotatable bonds is 8. The van der Waals surface area contributed by atoms with Crippen molar-refractivity contribution >= 4 is 22.4 Å². The molecule has 1 N–H and O–H groups in total. The summed E-state index contributed by atoms with van der Waals surface area (Å²) < 4.78 is 17.2. The number of aryl methyl sites for hydroxylation is 2. The first-order chi connectivity index (χ1) is 15.1. The Kier molecular flexibility index (Phi) is 6.42. The Labute approximate surface area is 186 Å². The van der Waals surface area contributed by atoms with E-state index in [-0.39, 0.29) is 5.91 Å². The summed E-state index contributed by atoms with van der Waals surface area (Å²) in [6.07, 6.45) is 1.85. The Morgan fingerprint density at radius 3 is 2.35 bits per heavy atom. The van der Waals surface area contributed by atoms with Crippen molar-refractivity contribution in [3.8, 4) is 27.7 Å². The van der Waals surface area contributed by atoms with Gasteiger partial charge in [-0.1, -0.05) is 35.6 Å². The molecule has 1 aromatic heterocycles. The molecule has 3 aromatic rings. The van der Waals surface area contributed by atoms with Crippen LogP contribution in [0.25, 0.3) is 10.4 Å². The first kappa shape index (κ1) is 21.2. The van der Waals surface area contributed by atoms with E-state index in [1.807, 2.05) is 26.8 Å². The van der Waals surface area contributed by atoms with Crippen LogP contribution in [0, 0.1) is 0 Å². The summed E-state index contributed by atoms with van der Waals surface area (Å²) >= 11 is 1.51. The number of nitrogens with zero attached hydrogens (tertiary/aromatic N) is 1. The molecular weight excluding hydrogens is 412 g/mol. The first-order valence-electron chi connectivity index (χ1n) is 10.6. The van der Waals surface area contributed by atoms with Crippen LogP contribution in [-0.2, 0) is 12.8 Å². The zero-order valence-corrected chi connectivity index (χ0v) is 18.8. The summed E-state index contributed by atoms with van der Waals surface area (Å²) in [5, 5.41) is 3.55. The molecule has 1 amide bonds. The van der Waals surface area contributed by atoms with Crippen LogP contribution in [0.15, 0.2) is 36.4 Å². The number of carbonyl (C=O) groups is 1. The highest BCUT2D eigenvalue weighted by Gasteiger charge is 2.23. The molecule has 0 saturated heterocycles. The number of nitrogens with one attached hydrogen (secondary N) is 1. The van der Waals surface area contributed by atoms with E-state index in [4.69, 9.17) is 14.2 Å². The standard InChI is InChI=1S/C24H26N2O4S/c1-4-28-19-13-16(14-20(29-5-2)21(19)30-6-3)23(27)26-24-25-18-12-11-15-9-7-8-10-17(15)22(18)31-24/h7-10,13-14H,4-6,11-12H2,1-3H3,(H,25,26,27). The van der Waals surface area contributed by atoms with E-state index in [2.05, 4.69) is 28.5 Å². The van der Waals surface area contributed by atoms with Crippen molar-refractivity contribution in [3.63, 3.8) is 0 Å². The number of carbonyl (C=O) groups excluding carboxylic acids is 1. The summed E-state index contributed by atoms with van der Waals surface area (Å²) in [4.78, 5) is 18.9. The van der Waals surface area contributed by atoms with E-state index >= 15 is 0 Å². The van der Waals surface area contributed by atoms with Gasteiger partial charge in [0.2, 0.25) is 5.75 Å². The maximum atomic E-state index is 13.1. The number of hydrogen-bond acceptors (Lipinski definition) is 6. The molecule has 0 bridgehead atoms. The van der Waals surface area contributed by atoms with Crippen molar-refractivity contribution in [1.29, 1.82) is 0 Å². The van der Waals surface area contributed by atoms with E-state index in [0.29, 0.717) is 47.8 Å². The van der Waals surface area contributed by atoms with Gasteiger partial charge < -0.3 is 14.2 Å². The van der Waals surface area contributed by atoms with Crippen LogP contribution in [0.2, 0.25) is 0 Å². The van der Waals surface area contributed by atoms with Gasteiger partial charge in [0.1, 0.15) is 0 Å². The Balaban J connectivity index is 1.63. The second kappa shape index (κ2) is 9.39. The molecule has 0 saturated carbocycles. The Bertz CT molecular complexity index is 1070. The summed E-state index contributed by atoms with van der Waals surface area (Å²) in [5.74, 6) is 1.24. The topological polar surface area (TPSA) is 69.7 Å². The Morgan fingerprint density at radius 2 is 1.68 bits per heavy atom. The highest BCUT2D eigenvalue weighted by molar-refractivity contribution is 7.19. The van der Waals surface area contributed by atoms with Gasteiger partial charge in [-0.2, -0.15) is 0 Å². The number of ether oxygens (including phenoxy) is 3. The molecule has 1 heterocycles. The smallest absolute Gasteiger partial charge is 0.257 e. The van der Waals surface area contributed by atoms with Crippen LogP contribution in [0.5, 0.6) is 17.2 Å². The van der Waals surface area contributed by atoms with Gasteiger partial charge in [-0.3, -0.25) is 10.1 Å². The minimum atomic E-state index is -0.260. The lowest BCUT2D eigenvalue weighted by Crippen LogP contribution is -2.13. The molecule has 0 radical (unpaired) electrons. The van der Waals surface area contributed by atoms with Crippen LogP contribution in [0.1, 0.15) is 42.4 Å². The van der Waals surface area contributed by atoms with Gasteiger partial charge in [0.25, 0.3) is 5.91 Å². The van der Waals surface area contributed by atoms with Crippen molar-refractivity contribution in [2.45, 2.75) is 33.6 Å². The fourth-order valence-corrected chi connectivity index (χ4v) is 4.75. The van der Waals surface area contributed by atoms with Gasteiger partial charge in [0.15, 0.2) is 16.6 Å². The van der Waals surface area contributed by atoms with Gasteiger partial charge >= 0.3 is 0 Å². The normalized spacial score (nSPS) is 12.0. The highest BCUT2D eigenvalue weighted by atomic mass is 32.1. The molecule has 1 aliphatic rings. The zero-order valence-electron chi connectivity index (χ0n) is 18.0. The molecule has 0 aliphatic heterocycles. The number of aromatic nitrogens is 1. The monoisotopic (exact) mass is 438 g/mol. The third kappa shape index (κ3) is 4.37. The van der Waals surface area contributed by atoms with Gasteiger partial charge in [-0.15, -0.1) is 0 Å². The molecule has 0 fully saturated rings. The molecule has 4 rings (SSSR count). The van der Waals surface area contributed by atoms with Gasteiger partial charge in [0, 0.05) is 5.56 Å². The highest BCUT2D eigenvalue weighted by Crippen LogP contribution is 2.41. The molecule has 0 unspecified atom stereocenters. The maximum Gasteiger partial charge on any atom is 0.257 e. The molecule has 7 heteroatoms. The van der Waals surface area contributed by atoms with Crippen LogP contribution in [0.3, 0.4) is 0 Å².